The van der Waals surface area contributed by atoms with Crippen LogP contribution in [0.3, 0.4) is 0 Å². The van der Waals surface area contributed by atoms with Crippen molar-refractivity contribution in [3.05, 3.63) is 34.8 Å². The fourth-order valence-electron chi connectivity index (χ4n) is 1.70. The summed E-state index contributed by atoms with van der Waals surface area (Å²) < 4.78 is 5.28. The van der Waals surface area contributed by atoms with Crippen LogP contribution in [0, 0.1) is 6.92 Å². The number of aromatic nitrogens is 3. The highest BCUT2D eigenvalue weighted by atomic mass is 32.1. The molecule has 0 spiro atoms. The number of anilines is 1. The molecular formula is C12H10N4OS. The van der Waals surface area contributed by atoms with Crippen molar-refractivity contribution in [1.29, 1.82) is 0 Å². The molecule has 0 fully saturated rings. The van der Waals surface area contributed by atoms with Gasteiger partial charge in [0.15, 0.2) is 11.6 Å². The molecule has 3 aromatic heterocycles. The van der Waals surface area contributed by atoms with E-state index < -0.39 is 0 Å². The quantitative estimate of drug-likeness (QED) is 0.764. The molecule has 0 bridgehead atoms. The van der Waals surface area contributed by atoms with Crippen molar-refractivity contribution in [3.63, 3.8) is 0 Å². The fraction of sp³-hybridized carbons (Fsp3) is 0.0833. The Morgan fingerprint density at radius 2 is 2.17 bits per heavy atom. The predicted molar refractivity (Wildman–Crippen MR) is 70.0 cm³/mol. The lowest BCUT2D eigenvalue weighted by atomic mass is 10.1. The molecule has 0 aliphatic heterocycles. The van der Waals surface area contributed by atoms with Crippen molar-refractivity contribution < 1.29 is 4.52 Å². The third kappa shape index (κ3) is 1.76. The molecule has 0 atom stereocenters. The van der Waals surface area contributed by atoms with E-state index in [0.29, 0.717) is 17.1 Å². The zero-order valence-corrected chi connectivity index (χ0v) is 10.4. The van der Waals surface area contributed by atoms with Gasteiger partial charge in [-0.2, -0.15) is 0 Å². The number of hydrogen-bond acceptors (Lipinski definition) is 6. The van der Waals surface area contributed by atoms with Crippen LogP contribution in [0.2, 0.25) is 0 Å². The summed E-state index contributed by atoms with van der Waals surface area (Å²) in [5.41, 5.74) is 8.02. The van der Waals surface area contributed by atoms with Crippen molar-refractivity contribution in [1.82, 2.24) is 15.1 Å². The number of nitrogens with two attached hydrogens (primary N) is 1. The second-order valence-corrected chi connectivity index (χ2v) is 4.80. The van der Waals surface area contributed by atoms with E-state index in [2.05, 4.69) is 15.1 Å². The van der Waals surface area contributed by atoms with E-state index in [1.807, 2.05) is 30.5 Å². The summed E-state index contributed by atoms with van der Waals surface area (Å²) in [5.74, 6) is 0.893. The fourth-order valence-corrected chi connectivity index (χ4v) is 2.30. The first kappa shape index (κ1) is 10.9. The molecule has 0 saturated heterocycles. The molecule has 6 heteroatoms. The van der Waals surface area contributed by atoms with Gasteiger partial charge in [-0.3, -0.25) is 4.98 Å². The minimum absolute atomic E-state index is 0.328. The second kappa shape index (κ2) is 4.23. The van der Waals surface area contributed by atoms with Gasteiger partial charge in [0.1, 0.15) is 5.69 Å². The molecule has 18 heavy (non-hydrogen) atoms. The van der Waals surface area contributed by atoms with Crippen molar-refractivity contribution in [2.45, 2.75) is 6.92 Å². The van der Waals surface area contributed by atoms with Gasteiger partial charge >= 0.3 is 0 Å². The van der Waals surface area contributed by atoms with Crippen LogP contribution in [0.1, 0.15) is 5.01 Å². The molecule has 2 N–H and O–H groups in total. The lowest BCUT2D eigenvalue weighted by Gasteiger charge is -1.98. The van der Waals surface area contributed by atoms with Crippen LogP contribution in [-0.4, -0.2) is 15.1 Å². The maximum absolute atomic E-state index is 5.85. The van der Waals surface area contributed by atoms with Gasteiger partial charge in [-0.1, -0.05) is 11.2 Å². The van der Waals surface area contributed by atoms with Gasteiger partial charge in [0.25, 0.3) is 0 Å². The van der Waals surface area contributed by atoms with Crippen molar-refractivity contribution >= 4 is 17.2 Å². The van der Waals surface area contributed by atoms with E-state index in [-0.39, 0.29) is 0 Å². The largest absolute Gasteiger partial charge is 0.380 e. The van der Waals surface area contributed by atoms with Crippen LogP contribution in [0.15, 0.2) is 34.3 Å². The Morgan fingerprint density at radius 1 is 1.28 bits per heavy atom. The van der Waals surface area contributed by atoms with Gasteiger partial charge in [-0.25, -0.2) is 4.98 Å². The smallest absolute Gasteiger partial charge is 0.197 e. The monoisotopic (exact) mass is 258 g/mol. The molecule has 0 saturated carbocycles. The first-order chi connectivity index (χ1) is 8.75. The molecule has 0 aromatic carbocycles. The Kier molecular flexibility index (Phi) is 2.56. The molecule has 0 amide bonds. The number of rotatable bonds is 2. The van der Waals surface area contributed by atoms with Crippen LogP contribution in [0.25, 0.3) is 22.7 Å². The van der Waals surface area contributed by atoms with Gasteiger partial charge in [0.2, 0.25) is 0 Å². The Morgan fingerprint density at radius 3 is 2.83 bits per heavy atom. The van der Waals surface area contributed by atoms with Crippen LogP contribution in [0.4, 0.5) is 5.82 Å². The van der Waals surface area contributed by atoms with Gasteiger partial charge in [0, 0.05) is 11.6 Å². The zero-order valence-electron chi connectivity index (χ0n) is 9.62. The highest BCUT2D eigenvalue weighted by Crippen LogP contribution is 2.35. The molecule has 0 aliphatic rings. The Bertz CT molecular complexity index is 674. The topological polar surface area (TPSA) is 77.8 Å². The van der Waals surface area contributed by atoms with Crippen LogP contribution in [-0.2, 0) is 0 Å². The standard InChI is InChI=1S/C12H10N4OS/c1-7-15-9(6-18-7)11-10(12(13)16-17-11)8-4-2-3-5-14-8/h2-6H,1H3,(H2,13,16). The van der Waals surface area contributed by atoms with Crippen LogP contribution < -0.4 is 5.73 Å². The number of aryl methyl sites for hydroxylation is 1. The molecule has 3 rings (SSSR count). The van der Waals surface area contributed by atoms with Gasteiger partial charge < -0.3 is 10.3 Å². The summed E-state index contributed by atoms with van der Waals surface area (Å²) in [6.45, 7) is 1.94. The minimum Gasteiger partial charge on any atom is -0.380 e. The first-order valence-electron chi connectivity index (χ1n) is 5.35. The van der Waals surface area contributed by atoms with Crippen molar-refractivity contribution in [3.8, 4) is 22.7 Å². The van der Waals surface area contributed by atoms with Crippen molar-refractivity contribution in [2.75, 3.05) is 5.73 Å². The molecule has 0 unspecified atom stereocenters. The maximum Gasteiger partial charge on any atom is 0.197 e. The van der Waals surface area contributed by atoms with Gasteiger partial charge in [0.05, 0.1) is 16.3 Å². The molecule has 3 heterocycles. The molecule has 3 aromatic rings. The Balaban J connectivity index is 2.18. The summed E-state index contributed by atoms with van der Waals surface area (Å²) in [6.07, 6.45) is 1.71. The van der Waals surface area contributed by atoms with E-state index in [1.165, 1.54) is 0 Å². The third-order valence-electron chi connectivity index (χ3n) is 2.49. The number of hydrogen-bond donors (Lipinski definition) is 1. The zero-order chi connectivity index (χ0) is 12.5. The van der Waals surface area contributed by atoms with E-state index in [1.54, 1.807) is 17.5 Å². The lowest BCUT2D eigenvalue weighted by molar-refractivity contribution is 0.435. The van der Waals surface area contributed by atoms with Crippen LogP contribution >= 0.6 is 11.3 Å². The average molecular weight is 258 g/mol. The summed E-state index contributed by atoms with van der Waals surface area (Å²) in [5, 5.41) is 6.69. The summed E-state index contributed by atoms with van der Waals surface area (Å²) in [6, 6.07) is 5.61. The molecule has 5 nitrogen and oxygen atoms in total. The SMILES string of the molecule is Cc1nc(-c2onc(N)c2-c2ccccn2)cs1. The van der Waals surface area contributed by atoms with Crippen LogP contribution in [0.5, 0.6) is 0 Å². The van der Waals surface area contributed by atoms with E-state index >= 15 is 0 Å². The van der Waals surface area contributed by atoms with Gasteiger partial charge in [-0.15, -0.1) is 11.3 Å². The van der Waals surface area contributed by atoms with Crippen molar-refractivity contribution in [2.24, 2.45) is 0 Å². The molecule has 90 valence electrons. The summed E-state index contributed by atoms with van der Waals surface area (Å²) >= 11 is 1.55. The summed E-state index contributed by atoms with van der Waals surface area (Å²) in [7, 11) is 0. The van der Waals surface area contributed by atoms with E-state index in [4.69, 9.17) is 10.3 Å². The Hall–Kier alpha value is -2.21. The minimum atomic E-state index is 0.328. The number of thiazole rings is 1. The van der Waals surface area contributed by atoms with E-state index in [0.717, 1.165) is 16.4 Å². The number of pyridine rings is 1. The highest BCUT2D eigenvalue weighted by molar-refractivity contribution is 7.09. The highest BCUT2D eigenvalue weighted by Gasteiger charge is 2.20. The molecule has 0 radical (unpaired) electrons. The normalized spacial score (nSPS) is 10.7. The number of nitrogens with zero attached hydrogens (tertiary/aromatic N) is 3. The maximum atomic E-state index is 5.85. The first-order valence-corrected chi connectivity index (χ1v) is 6.22. The lowest BCUT2D eigenvalue weighted by Crippen LogP contribution is -1.90. The van der Waals surface area contributed by atoms with Gasteiger partial charge in [-0.05, 0) is 19.1 Å². The summed E-state index contributed by atoms with van der Waals surface area (Å²) in [4.78, 5) is 8.65. The van der Waals surface area contributed by atoms with E-state index in [9.17, 15) is 0 Å². The second-order valence-electron chi connectivity index (χ2n) is 3.74. The predicted octanol–water partition coefficient (Wildman–Crippen LogP) is 2.75. The molecule has 0 aliphatic carbocycles. The Labute approximate surface area is 107 Å². The number of nitrogen functional groups attached to an aromatic ring is 1. The molecular weight excluding hydrogens is 248 g/mol. The average Bonchev–Trinajstić information content (AvgIpc) is 2.96. The third-order valence-corrected chi connectivity index (χ3v) is 3.26.